The Labute approximate surface area is 126 Å². The first-order valence-corrected chi connectivity index (χ1v) is 7.38. The third-order valence-corrected chi connectivity index (χ3v) is 3.07. The van der Waals surface area contributed by atoms with Crippen LogP contribution in [-0.2, 0) is 9.47 Å². The van der Waals surface area contributed by atoms with Crippen molar-refractivity contribution in [2.24, 2.45) is 0 Å². The number of hydrogen-bond acceptors (Lipinski definition) is 4. The van der Waals surface area contributed by atoms with Crippen LogP contribution in [-0.4, -0.2) is 30.9 Å². The molecule has 0 radical (unpaired) electrons. The number of rotatable bonds is 4. The van der Waals surface area contributed by atoms with Gasteiger partial charge in [0.2, 0.25) is 0 Å². The lowest BCUT2D eigenvalue weighted by Gasteiger charge is -2.20. The molecule has 21 heavy (non-hydrogen) atoms. The molecule has 5 heteroatoms. The molecule has 2 rings (SSSR count). The van der Waals surface area contributed by atoms with Gasteiger partial charge in [-0.3, -0.25) is 5.32 Å². The van der Waals surface area contributed by atoms with Gasteiger partial charge in [-0.1, -0.05) is 6.07 Å². The van der Waals surface area contributed by atoms with Crippen LogP contribution in [0.3, 0.4) is 0 Å². The lowest BCUT2D eigenvalue weighted by molar-refractivity contribution is 0.0636. The second kappa shape index (κ2) is 6.80. The van der Waals surface area contributed by atoms with E-state index in [1.54, 1.807) is 0 Å². The van der Waals surface area contributed by atoms with Crippen LogP contribution in [0.1, 0.15) is 33.6 Å². The maximum Gasteiger partial charge on any atom is 0.412 e. The van der Waals surface area contributed by atoms with Crippen molar-refractivity contribution < 1.29 is 14.3 Å². The first kappa shape index (κ1) is 15.6. The predicted octanol–water partition coefficient (Wildman–Crippen LogP) is 3.62. The van der Waals surface area contributed by atoms with Gasteiger partial charge in [0.15, 0.2) is 0 Å². The summed E-state index contributed by atoms with van der Waals surface area (Å²) in [4.78, 5) is 11.7. The van der Waals surface area contributed by atoms with Crippen molar-refractivity contribution in [3.8, 4) is 0 Å². The van der Waals surface area contributed by atoms with Gasteiger partial charge in [-0.2, -0.15) is 0 Å². The summed E-state index contributed by atoms with van der Waals surface area (Å²) in [7, 11) is 0. The minimum absolute atomic E-state index is 0.285. The zero-order valence-electron chi connectivity index (χ0n) is 12.9. The summed E-state index contributed by atoms with van der Waals surface area (Å²) in [5, 5.41) is 6.07. The number of benzene rings is 1. The molecule has 1 unspecified atom stereocenters. The second-order valence-electron chi connectivity index (χ2n) is 6.22. The molecule has 0 saturated carbocycles. The fourth-order valence-electron chi connectivity index (χ4n) is 2.17. The average molecular weight is 292 g/mol. The largest absolute Gasteiger partial charge is 0.444 e. The predicted molar refractivity (Wildman–Crippen MR) is 83.8 cm³/mol. The van der Waals surface area contributed by atoms with E-state index in [0.29, 0.717) is 5.69 Å². The SMILES string of the molecule is CC(C)(C)OC(=O)Nc1cccc(NCC2CCCO2)c1. The third kappa shape index (κ3) is 5.63. The Morgan fingerprint density at radius 1 is 1.38 bits per heavy atom. The standard InChI is InChI=1S/C16H24N2O3/c1-16(2,3)21-15(19)18-13-7-4-6-12(10-13)17-11-14-8-5-9-20-14/h4,6-7,10,14,17H,5,8-9,11H2,1-3H3,(H,18,19). The molecule has 2 N–H and O–H groups in total. The maximum absolute atomic E-state index is 11.7. The molecule has 0 aromatic heterocycles. The maximum atomic E-state index is 11.7. The van der Waals surface area contributed by atoms with Crippen molar-refractivity contribution in [1.29, 1.82) is 0 Å². The summed E-state index contributed by atoms with van der Waals surface area (Å²) in [6.07, 6.45) is 2.07. The Hall–Kier alpha value is -1.75. The zero-order valence-corrected chi connectivity index (χ0v) is 12.9. The lowest BCUT2D eigenvalue weighted by Crippen LogP contribution is -2.27. The summed E-state index contributed by atoms with van der Waals surface area (Å²) < 4.78 is 10.8. The van der Waals surface area contributed by atoms with E-state index in [2.05, 4.69) is 10.6 Å². The van der Waals surface area contributed by atoms with Gasteiger partial charge >= 0.3 is 6.09 Å². The van der Waals surface area contributed by atoms with Crippen molar-refractivity contribution in [1.82, 2.24) is 0 Å². The molecular formula is C16H24N2O3. The third-order valence-electron chi connectivity index (χ3n) is 3.07. The molecular weight excluding hydrogens is 268 g/mol. The van der Waals surface area contributed by atoms with Crippen molar-refractivity contribution >= 4 is 17.5 Å². The first-order valence-electron chi connectivity index (χ1n) is 7.38. The topological polar surface area (TPSA) is 59.6 Å². The van der Waals surface area contributed by atoms with E-state index >= 15 is 0 Å². The van der Waals surface area contributed by atoms with E-state index in [1.807, 2.05) is 45.0 Å². The van der Waals surface area contributed by atoms with E-state index < -0.39 is 11.7 Å². The summed E-state index contributed by atoms with van der Waals surface area (Å²) in [5.74, 6) is 0. The Balaban J connectivity index is 1.86. The highest BCUT2D eigenvalue weighted by Gasteiger charge is 2.17. The normalized spacial score (nSPS) is 18.3. The van der Waals surface area contributed by atoms with Crippen molar-refractivity contribution in [3.63, 3.8) is 0 Å². The van der Waals surface area contributed by atoms with Crippen molar-refractivity contribution in [2.45, 2.75) is 45.3 Å². The van der Waals surface area contributed by atoms with E-state index in [-0.39, 0.29) is 6.10 Å². The molecule has 0 spiro atoms. The highest BCUT2D eigenvalue weighted by Crippen LogP contribution is 2.18. The molecule has 1 aromatic carbocycles. The molecule has 1 aliphatic rings. The van der Waals surface area contributed by atoms with Gasteiger partial charge in [-0.25, -0.2) is 4.79 Å². The number of carbonyl (C=O) groups is 1. The summed E-state index contributed by atoms with van der Waals surface area (Å²) in [6, 6.07) is 7.58. The minimum Gasteiger partial charge on any atom is -0.444 e. The summed E-state index contributed by atoms with van der Waals surface area (Å²) in [5.41, 5.74) is 1.17. The molecule has 1 amide bonds. The number of ether oxygens (including phenoxy) is 2. The fraction of sp³-hybridized carbons (Fsp3) is 0.562. The van der Waals surface area contributed by atoms with Gasteiger partial charge < -0.3 is 14.8 Å². The molecule has 0 bridgehead atoms. The molecule has 1 atom stereocenters. The van der Waals surface area contributed by atoms with Crippen LogP contribution in [0.5, 0.6) is 0 Å². The van der Waals surface area contributed by atoms with E-state index in [4.69, 9.17) is 9.47 Å². The minimum atomic E-state index is -0.500. The number of anilines is 2. The van der Waals surface area contributed by atoms with Crippen LogP contribution in [0.25, 0.3) is 0 Å². The Morgan fingerprint density at radius 3 is 2.81 bits per heavy atom. The van der Waals surface area contributed by atoms with Crippen LogP contribution >= 0.6 is 0 Å². The average Bonchev–Trinajstić information content (AvgIpc) is 2.87. The van der Waals surface area contributed by atoms with Crippen LogP contribution in [0.15, 0.2) is 24.3 Å². The molecule has 0 aliphatic carbocycles. The number of carbonyl (C=O) groups excluding carboxylic acids is 1. The molecule has 1 aromatic rings. The van der Waals surface area contributed by atoms with Crippen LogP contribution < -0.4 is 10.6 Å². The summed E-state index contributed by atoms with van der Waals surface area (Å²) >= 11 is 0. The Bertz CT molecular complexity index is 477. The van der Waals surface area contributed by atoms with E-state index in [1.165, 1.54) is 0 Å². The Morgan fingerprint density at radius 2 is 2.14 bits per heavy atom. The molecule has 1 fully saturated rings. The highest BCUT2D eigenvalue weighted by molar-refractivity contribution is 5.85. The highest BCUT2D eigenvalue weighted by atomic mass is 16.6. The van der Waals surface area contributed by atoms with Gasteiger partial charge in [0, 0.05) is 24.5 Å². The van der Waals surface area contributed by atoms with E-state index in [0.717, 1.165) is 31.7 Å². The van der Waals surface area contributed by atoms with Crippen LogP contribution in [0, 0.1) is 0 Å². The number of nitrogens with one attached hydrogen (secondary N) is 2. The van der Waals surface area contributed by atoms with Crippen molar-refractivity contribution in [3.05, 3.63) is 24.3 Å². The fourth-order valence-corrected chi connectivity index (χ4v) is 2.17. The van der Waals surface area contributed by atoms with Gasteiger partial charge in [0.1, 0.15) is 5.60 Å². The Kier molecular flexibility index (Phi) is 5.07. The van der Waals surface area contributed by atoms with Gasteiger partial charge in [0.25, 0.3) is 0 Å². The molecule has 1 saturated heterocycles. The molecule has 116 valence electrons. The molecule has 1 aliphatic heterocycles. The smallest absolute Gasteiger partial charge is 0.412 e. The van der Waals surface area contributed by atoms with Gasteiger partial charge in [-0.05, 0) is 51.8 Å². The van der Waals surface area contributed by atoms with E-state index in [9.17, 15) is 4.79 Å². The molecule has 1 heterocycles. The summed E-state index contributed by atoms with van der Waals surface area (Å²) in [6.45, 7) is 7.16. The zero-order chi connectivity index (χ0) is 15.3. The second-order valence-corrected chi connectivity index (χ2v) is 6.22. The first-order chi connectivity index (χ1) is 9.92. The van der Waals surface area contributed by atoms with Crippen LogP contribution in [0.2, 0.25) is 0 Å². The molecule has 5 nitrogen and oxygen atoms in total. The monoisotopic (exact) mass is 292 g/mol. The van der Waals surface area contributed by atoms with Gasteiger partial charge in [0.05, 0.1) is 6.10 Å². The number of amides is 1. The van der Waals surface area contributed by atoms with Crippen molar-refractivity contribution in [2.75, 3.05) is 23.8 Å². The number of hydrogen-bond donors (Lipinski definition) is 2. The lowest BCUT2D eigenvalue weighted by atomic mass is 10.2. The quantitative estimate of drug-likeness (QED) is 0.889. The van der Waals surface area contributed by atoms with Gasteiger partial charge in [-0.15, -0.1) is 0 Å². The van der Waals surface area contributed by atoms with Crippen LogP contribution in [0.4, 0.5) is 16.2 Å².